The summed E-state index contributed by atoms with van der Waals surface area (Å²) in [5.74, 6) is -0.180. The summed E-state index contributed by atoms with van der Waals surface area (Å²) in [6.45, 7) is 7.78. The summed E-state index contributed by atoms with van der Waals surface area (Å²) in [5, 5.41) is 2.88. The molecular weight excluding hydrogens is 428 g/mol. The van der Waals surface area contributed by atoms with Crippen molar-refractivity contribution in [3.05, 3.63) is 64.1 Å². The van der Waals surface area contributed by atoms with Gasteiger partial charge in [-0.05, 0) is 66.4 Å². The van der Waals surface area contributed by atoms with Crippen molar-refractivity contribution in [2.24, 2.45) is 0 Å². The Morgan fingerprint density at radius 3 is 2.33 bits per heavy atom. The van der Waals surface area contributed by atoms with Gasteiger partial charge in [-0.3, -0.25) is 4.79 Å². The van der Waals surface area contributed by atoms with Crippen molar-refractivity contribution in [1.82, 2.24) is 10.0 Å². The standard InChI is InChI=1S/C20H25BrN2O3S/c1-14(15-8-6-5-7-9-15)13-22-19(24)17-12-16(10-11-18(17)21)27(25,26)23-20(2,3)4/h5-12,14,23H,13H2,1-4H3,(H,22,24). The highest BCUT2D eigenvalue weighted by molar-refractivity contribution is 9.10. The highest BCUT2D eigenvalue weighted by Crippen LogP contribution is 2.22. The zero-order valence-corrected chi connectivity index (χ0v) is 18.3. The van der Waals surface area contributed by atoms with Crippen LogP contribution in [0, 0.1) is 0 Å². The smallest absolute Gasteiger partial charge is 0.252 e. The predicted octanol–water partition coefficient (Wildman–Crippen LogP) is 4.06. The SMILES string of the molecule is CC(CNC(=O)c1cc(S(=O)(=O)NC(C)(C)C)ccc1Br)c1ccccc1. The molecule has 2 rings (SSSR count). The number of nitrogens with one attached hydrogen (secondary N) is 2. The molecule has 5 nitrogen and oxygen atoms in total. The minimum Gasteiger partial charge on any atom is -0.351 e. The summed E-state index contributed by atoms with van der Waals surface area (Å²) in [6.07, 6.45) is 0. The summed E-state index contributed by atoms with van der Waals surface area (Å²) >= 11 is 3.34. The van der Waals surface area contributed by atoms with Gasteiger partial charge < -0.3 is 5.32 Å². The van der Waals surface area contributed by atoms with Crippen molar-refractivity contribution < 1.29 is 13.2 Å². The van der Waals surface area contributed by atoms with Crippen molar-refractivity contribution >= 4 is 31.9 Å². The predicted molar refractivity (Wildman–Crippen MR) is 111 cm³/mol. The molecule has 0 saturated carbocycles. The van der Waals surface area contributed by atoms with Crippen LogP contribution in [0.2, 0.25) is 0 Å². The van der Waals surface area contributed by atoms with Crippen LogP contribution >= 0.6 is 15.9 Å². The van der Waals surface area contributed by atoms with Gasteiger partial charge in [0.15, 0.2) is 0 Å². The van der Waals surface area contributed by atoms with Crippen LogP contribution in [0.25, 0.3) is 0 Å². The Labute approximate surface area is 169 Å². The van der Waals surface area contributed by atoms with Gasteiger partial charge in [-0.25, -0.2) is 13.1 Å². The van der Waals surface area contributed by atoms with E-state index in [0.717, 1.165) is 5.56 Å². The lowest BCUT2D eigenvalue weighted by atomic mass is 10.0. The van der Waals surface area contributed by atoms with Gasteiger partial charge in [-0.15, -0.1) is 0 Å². The van der Waals surface area contributed by atoms with Gasteiger partial charge in [0.2, 0.25) is 10.0 Å². The maximum atomic E-state index is 12.6. The molecule has 0 radical (unpaired) electrons. The van der Waals surface area contributed by atoms with Crippen LogP contribution in [0.1, 0.15) is 49.5 Å². The molecule has 0 aliphatic heterocycles. The maximum Gasteiger partial charge on any atom is 0.252 e. The Morgan fingerprint density at radius 2 is 1.74 bits per heavy atom. The minimum atomic E-state index is -3.72. The Kier molecular flexibility index (Phi) is 6.83. The highest BCUT2D eigenvalue weighted by atomic mass is 79.9. The van der Waals surface area contributed by atoms with Gasteiger partial charge in [-0.2, -0.15) is 0 Å². The lowest BCUT2D eigenvalue weighted by molar-refractivity contribution is 0.0950. The van der Waals surface area contributed by atoms with Gasteiger partial charge in [0.25, 0.3) is 5.91 Å². The lowest BCUT2D eigenvalue weighted by Gasteiger charge is -2.20. The maximum absolute atomic E-state index is 12.6. The molecule has 0 bridgehead atoms. The van der Waals surface area contributed by atoms with Crippen LogP contribution < -0.4 is 10.0 Å². The molecule has 0 saturated heterocycles. The fourth-order valence-corrected chi connectivity index (χ4v) is 4.42. The minimum absolute atomic E-state index is 0.0573. The van der Waals surface area contributed by atoms with Crippen LogP contribution in [0.5, 0.6) is 0 Å². The van der Waals surface area contributed by atoms with E-state index in [1.165, 1.54) is 12.1 Å². The van der Waals surface area contributed by atoms with Crippen molar-refractivity contribution in [3.63, 3.8) is 0 Å². The van der Waals surface area contributed by atoms with E-state index in [0.29, 0.717) is 11.0 Å². The Balaban J connectivity index is 2.17. The van der Waals surface area contributed by atoms with E-state index in [4.69, 9.17) is 0 Å². The molecule has 2 aromatic carbocycles. The lowest BCUT2D eigenvalue weighted by Crippen LogP contribution is -2.40. The first-order chi connectivity index (χ1) is 12.5. The molecule has 1 unspecified atom stereocenters. The van der Waals surface area contributed by atoms with E-state index < -0.39 is 15.6 Å². The van der Waals surface area contributed by atoms with Gasteiger partial charge in [0.05, 0.1) is 10.5 Å². The van der Waals surface area contributed by atoms with Gasteiger partial charge in [0, 0.05) is 16.6 Å². The largest absolute Gasteiger partial charge is 0.351 e. The normalized spacial score (nSPS) is 13.2. The third kappa shape index (κ3) is 6.16. The van der Waals surface area contributed by atoms with Crippen LogP contribution in [0.3, 0.4) is 0 Å². The molecule has 27 heavy (non-hydrogen) atoms. The van der Waals surface area contributed by atoms with E-state index in [1.807, 2.05) is 37.3 Å². The topological polar surface area (TPSA) is 75.3 Å². The number of carbonyl (C=O) groups excluding carboxylic acids is 1. The molecule has 0 spiro atoms. The number of sulfonamides is 1. The van der Waals surface area contributed by atoms with E-state index in [2.05, 4.69) is 26.0 Å². The number of rotatable bonds is 6. The Hall–Kier alpha value is -1.70. The molecular formula is C20H25BrN2O3S. The molecule has 0 aromatic heterocycles. The number of halogens is 1. The van der Waals surface area contributed by atoms with Crippen molar-refractivity contribution in [2.75, 3.05) is 6.54 Å². The molecule has 0 heterocycles. The molecule has 0 aliphatic rings. The number of hydrogen-bond donors (Lipinski definition) is 2. The van der Waals surface area contributed by atoms with Crippen molar-refractivity contribution in [2.45, 2.75) is 44.0 Å². The molecule has 146 valence electrons. The fourth-order valence-electron chi connectivity index (χ4n) is 2.55. The zero-order valence-electron chi connectivity index (χ0n) is 15.9. The van der Waals surface area contributed by atoms with E-state index in [1.54, 1.807) is 26.8 Å². The molecule has 2 N–H and O–H groups in total. The average molecular weight is 453 g/mol. The molecule has 1 amide bonds. The zero-order chi connectivity index (χ0) is 20.2. The monoisotopic (exact) mass is 452 g/mol. The Bertz CT molecular complexity index is 907. The first kappa shape index (κ1) is 21.6. The number of amides is 1. The van der Waals surface area contributed by atoms with E-state index >= 15 is 0 Å². The summed E-state index contributed by atoms with van der Waals surface area (Å²) in [4.78, 5) is 12.7. The van der Waals surface area contributed by atoms with Crippen molar-refractivity contribution in [3.8, 4) is 0 Å². The first-order valence-electron chi connectivity index (χ1n) is 8.66. The number of benzene rings is 2. The third-order valence-corrected chi connectivity index (χ3v) is 6.32. The fraction of sp³-hybridized carbons (Fsp3) is 0.350. The van der Waals surface area contributed by atoms with E-state index in [-0.39, 0.29) is 22.3 Å². The van der Waals surface area contributed by atoms with Crippen LogP contribution in [0.15, 0.2) is 57.9 Å². The average Bonchev–Trinajstić information content (AvgIpc) is 2.58. The second-order valence-corrected chi connectivity index (χ2v) is 10.1. The van der Waals surface area contributed by atoms with Crippen LogP contribution in [-0.2, 0) is 10.0 Å². The van der Waals surface area contributed by atoms with Gasteiger partial charge in [0.1, 0.15) is 0 Å². The first-order valence-corrected chi connectivity index (χ1v) is 10.9. The second kappa shape index (κ2) is 8.54. The molecule has 7 heteroatoms. The summed E-state index contributed by atoms with van der Waals surface area (Å²) in [7, 11) is -3.72. The molecule has 0 fully saturated rings. The summed E-state index contributed by atoms with van der Waals surface area (Å²) in [5.41, 5.74) is 0.800. The van der Waals surface area contributed by atoms with Gasteiger partial charge >= 0.3 is 0 Å². The van der Waals surface area contributed by atoms with Crippen molar-refractivity contribution in [1.29, 1.82) is 0 Å². The van der Waals surface area contributed by atoms with Crippen LogP contribution in [0.4, 0.5) is 0 Å². The second-order valence-electron chi connectivity index (χ2n) is 7.52. The highest BCUT2D eigenvalue weighted by Gasteiger charge is 2.24. The number of hydrogen-bond acceptors (Lipinski definition) is 3. The molecule has 0 aliphatic carbocycles. The van der Waals surface area contributed by atoms with E-state index in [9.17, 15) is 13.2 Å². The third-order valence-electron chi connectivity index (χ3n) is 3.87. The van der Waals surface area contributed by atoms with Crippen LogP contribution in [-0.4, -0.2) is 26.4 Å². The van der Waals surface area contributed by atoms with Gasteiger partial charge in [-0.1, -0.05) is 37.3 Å². The molecule has 1 atom stereocenters. The quantitative estimate of drug-likeness (QED) is 0.693. The molecule has 2 aromatic rings. The Morgan fingerprint density at radius 1 is 1.11 bits per heavy atom. The number of carbonyl (C=O) groups is 1. The summed E-state index contributed by atoms with van der Waals surface area (Å²) in [6, 6.07) is 14.3. The summed E-state index contributed by atoms with van der Waals surface area (Å²) < 4.78 is 28.2.